The van der Waals surface area contributed by atoms with E-state index in [1.807, 2.05) is 20.8 Å². The van der Waals surface area contributed by atoms with E-state index in [9.17, 15) is 14.3 Å². The van der Waals surface area contributed by atoms with Gasteiger partial charge < -0.3 is 15.3 Å². The minimum atomic E-state index is -0.965. The van der Waals surface area contributed by atoms with Gasteiger partial charge in [0.15, 0.2) is 11.6 Å². The van der Waals surface area contributed by atoms with Crippen molar-refractivity contribution in [2.45, 2.75) is 45.7 Å². The van der Waals surface area contributed by atoms with Crippen LogP contribution in [-0.2, 0) is 0 Å². The molecule has 22 heavy (non-hydrogen) atoms. The van der Waals surface area contributed by atoms with Crippen LogP contribution in [0.3, 0.4) is 0 Å². The molecule has 2 rings (SSSR count). The number of rotatable bonds is 2. The average Bonchev–Trinajstić information content (AvgIpc) is 2.41. The largest absolute Gasteiger partial charge is 0.465 e. The Morgan fingerprint density at radius 2 is 2.23 bits per heavy atom. The lowest BCUT2D eigenvalue weighted by atomic mass is 9.77. The van der Waals surface area contributed by atoms with Crippen molar-refractivity contribution in [3.63, 3.8) is 0 Å². The van der Waals surface area contributed by atoms with E-state index in [1.54, 1.807) is 0 Å². The summed E-state index contributed by atoms with van der Waals surface area (Å²) in [6, 6.07) is -0.544. The summed E-state index contributed by atoms with van der Waals surface area (Å²) in [7, 11) is 0. The Kier molecular flexibility index (Phi) is 4.75. The van der Waals surface area contributed by atoms with E-state index in [0.717, 1.165) is 12.6 Å². The molecule has 6 nitrogen and oxygen atoms in total. The van der Waals surface area contributed by atoms with E-state index < -0.39 is 11.9 Å². The molecule has 1 aliphatic heterocycles. The second-order valence-electron chi connectivity index (χ2n) is 6.52. The number of anilines is 1. The average molecular weight is 331 g/mol. The van der Waals surface area contributed by atoms with Crippen molar-refractivity contribution in [3.05, 3.63) is 17.3 Å². The van der Waals surface area contributed by atoms with Gasteiger partial charge in [0.2, 0.25) is 5.28 Å². The molecular formula is C14H20ClFN4O2. The van der Waals surface area contributed by atoms with E-state index in [-0.39, 0.29) is 28.6 Å². The highest BCUT2D eigenvalue weighted by molar-refractivity contribution is 6.28. The maximum atomic E-state index is 13.8. The quantitative estimate of drug-likeness (QED) is 0.814. The number of nitrogens with one attached hydrogen (secondary N) is 1. The molecule has 1 saturated heterocycles. The molecule has 1 aromatic rings. The Morgan fingerprint density at radius 1 is 1.55 bits per heavy atom. The third kappa shape index (κ3) is 3.58. The lowest BCUT2D eigenvalue weighted by molar-refractivity contribution is 0.0518. The maximum absolute atomic E-state index is 13.8. The number of likely N-dealkylation sites (tertiary alicyclic amines) is 1. The van der Waals surface area contributed by atoms with Gasteiger partial charge in [0.25, 0.3) is 0 Å². The molecule has 122 valence electrons. The first-order valence-corrected chi connectivity index (χ1v) is 7.52. The van der Waals surface area contributed by atoms with Crippen molar-refractivity contribution < 1.29 is 14.3 Å². The second kappa shape index (κ2) is 6.24. The molecule has 2 heterocycles. The second-order valence-corrected chi connectivity index (χ2v) is 6.85. The number of nitrogens with zero attached hydrogens (tertiary/aromatic N) is 3. The first kappa shape index (κ1) is 16.7. The zero-order valence-electron chi connectivity index (χ0n) is 12.8. The van der Waals surface area contributed by atoms with Gasteiger partial charge in [-0.25, -0.2) is 14.2 Å². The summed E-state index contributed by atoms with van der Waals surface area (Å²) < 4.78 is 13.8. The van der Waals surface area contributed by atoms with E-state index >= 15 is 0 Å². The molecule has 0 saturated carbocycles. The van der Waals surface area contributed by atoms with Crippen molar-refractivity contribution in [2.24, 2.45) is 5.41 Å². The Balaban J connectivity index is 2.30. The third-order valence-electron chi connectivity index (χ3n) is 3.80. The zero-order chi connectivity index (χ0) is 16.5. The van der Waals surface area contributed by atoms with Gasteiger partial charge in [0, 0.05) is 12.6 Å². The molecule has 1 aliphatic rings. The standard InChI is InChI=1S/C14H20ClFN4O2/c1-14(2,3)10-9(5-4-6-20(10)13(21)22)18-11-8(16)7-17-12(15)19-11/h7,9-10H,4-6H2,1-3H3,(H,21,22)(H,17,18,19)/t9-,10?/m0/s1. The molecule has 0 aromatic carbocycles. The Bertz CT molecular complexity index is 564. The summed E-state index contributed by atoms with van der Waals surface area (Å²) in [5.74, 6) is -0.601. The van der Waals surface area contributed by atoms with Crippen LogP contribution < -0.4 is 5.32 Å². The van der Waals surface area contributed by atoms with Crippen molar-refractivity contribution in [2.75, 3.05) is 11.9 Å². The van der Waals surface area contributed by atoms with Crippen molar-refractivity contribution >= 4 is 23.5 Å². The number of halogens is 2. The van der Waals surface area contributed by atoms with Crippen LogP contribution in [0.25, 0.3) is 0 Å². The smallest absolute Gasteiger partial charge is 0.407 e. The number of amides is 1. The highest BCUT2D eigenvalue weighted by Gasteiger charge is 2.42. The molecule has 1 aromatic heterocycles. The van der Waals surface area contributed by atoms with Gasteiger partial charge in [-0.3, -0.25) is 0 Å². The van der Waals surface area contributed by atoms with E-state index in [2.05, 4.69) is 15.3 Å². The topological polar surface area (TPSA) is 78.4 Å². The third-order valence-corrected chi connectivity index (χ3v) is 3.98. The van der Waals surface area contributed by atoms with Crippen LogP contribution in [-0.4, -0.2) is 44.7 Å². The predicted octanol–water partition coefficient (Wildman–Crippen LogP) is 3.24. The molecule has 0 bridgehead atoms. The van der Waals surface area contributed by atoms with Crippen LogP contribution in [0.5, 0.6) is 0 Å². The van der Waals surface area contributed by atoms with Crippen LogP contribution in [0.15, 0.2) is 6.20 Å². The molecule has 0 spiro atoms. The van der Waals surface area contributed by atoms with Gasteiger partial charge in [-0.1, -0.05) is 20.8 Å². The molecule has 2 N–H and O–H groups in total. The molecule has 0 aliphatic carbocycles. The van der Waals surface area contributed by atoms with Gasteiger partial charge in [0.1, 0.15) is 0 Å². The Morgan fingerprint density at radius 3 is 2.82 bits per heavy atom. The molecule has 0 radical (unpaired) electrons. The first-order valence-electron chi connectivity index (χ1n) is 7.14. The Hall–Kier alpha value is -1.63. The summed E-state index contributed by atoms with van der Waals surface area (Å²) >= 11 is 5.71. The van der Waals surface area contributed by atoms with E-state index in [0.29, 0.717) is 13.0 Å². The fraction of sp³-hybridized carbons (Fsp3) is 0.643. The van der Waals surface area contributed by atoms with Gasteiger partial charge in [-0.15, -0.1) is 0 Å². The number of piperidine rings is 1. The number of carbonyl (C=O) groups is 1. The molecule has 2 atom stereocenters. The first-order chi connectivity index (χ1) is 10.2. The lowest BCUT2D eigenvalue weighted by Gasteiger charge is -2.47. The number of hydrogen-bond acceptors (Lipinski definition) is 4. The summed E-state index contributed by atoms with van der Waals surface area (Å²) in [4.78, 5) is 20.4. The van der Waals surface area contributed by atoms with Crippen LogP contribution in [0.2, 0.25) is 5.28 Å². The molecule has 1 unspecified atom stereocenters. The fourth-order valence-electron chi connectivity index (χ4n) is 3.05. The van der Waals surface area contributed by atoms with Gasteiger partial charge in [0.05, 0.1) is 12.2 Å². The SMILES string of the molecule is CC(C)(C)C1[C@@H](Nc2nc(Cl)ncc2F)CCCN1C(=O)O. The molecule has 8 heteroatoms. The fourth-order valence-corrected chi connectivity index (χ4v) is 3.19. The van der Waals surface area contributed by atoms with Crippen molar-refractivity contribution in [3.8, 4) is 0 Å². The van der Waals surface area contributed by atoms with Gasteiger partial charge in [-0.2, -0.15) is 4.98 Å². The lowest BCUT2D eigenvalue weighted by Crippen LogP contribution is -2.58. The van der Waals surface area contributed by atoms with E-state index in [1.165, 1.54) is 4.90 Å². The molecule has 1 fully saturated rings. The monoisotopic (exact) mass is 330 g/mol. The van der Waals surface area contributed by atoms with Crippen LogP contribution >= 0.6 is 11.6 Å². The number of aromatic nitrogens is 2. The van der Waals surface area contributed by atoms with Crippen molar-refractivity contribution in [1.82, 2.24) is 14.9 Å². The summed E-state index contributed by atoms with van der Waals surface area (Å²) in [6.45, 7) is 6.38. The minimum Gasteiger partial charge on any atom is -0.465 e. The minimum absolute atomic E-state index is 0.00601. The number of hydrogen-bond donors (Lipinski definition) is 2. The Labute approximate surface area is 133 Å². The number of carboxylic acid groups (broad SMARTS) is 1. The molecular weight excluding hydrogens is 311 g/mol. The zero-order valence-corrected chi connectivity index (χ0v) is 13.6. The van der Waals surface area contributed by atoms with Gasteiger partial charge in [-0.05, 0) is 29.9 Å². The summed E-state index contributed by atoms with van der Waals surface area (Å²) in [6.07, 6.45) is 1.47. The predicted molar refractivity (Wildman–Crippen MR) is 81.6 cm³/mol. The van der Waals surface area contributed by atoms with Crippen LogP contribution in [0.4, 0.5) is 15.0 Å². The van der Waals surface area contributed by atoms with Crippen molar-refractivity contribution in [1.29, 1.82) is 0 Å². The highest BCUT2D eigenvalue weighted by Crippen LogP contribution is 2.34. The molecule has 1 amide bonds. The summed E-state index contributed by atoms with van der Waals surface area (Å²) in [5.41, 5.74) is -0.302. The van der Waals surface area contributed by atoms with Crippen LogP contribution in [0, 0.1) is 11.2 Å². The van der Waals surface area contributed by atoms with Crippen LogP contribution in [0.1, 0.15) is 33.6 Å². The van der Waals surface area contributed by atoms with Gasteiger partial charge >= 0.3 is 6.09 Å². The van der Waals surface area contributed by atoms with E-state index in [4.69, 9.17) is 11.6 Å². The highest BCUT2D eigenvalue weighted by atomic mass is 35.5. The summed E-state index contributed by atoms with van der Waals surface area (Å²) in [5, 5.41) is 12.4. The normalized spacial score (nSPS) is 22.5. The maximum Gasteiger partial charge on any atom is 0.407 e.